The van der Waals surface area contributed by atoms with Gasteiger partial charge in [-0.2, -0.15) is 0 Å². The predicted octanol–water partition coefficient (Wildman–Crippen LogP) is 3.54. The molecule has 0 bridgehead atoms. The van der Waals surface area contributed by atoms with E-state index >= 15 is 0 Å². The maximum atomic E-state index is 13.2. The van der Waals surface area contributed by atoms with Crippen molar-refractivity contribution < 1.29 is 18.0 Å². The summed E-state index contributed by atoms with van der Waals surface area (Å²) in [6.45, 7) is 0. The second-order valence-electron chi connectivity index (χ2n) is 8.57. The molecule has 0 aliphatic rings. The molecule has 1 N–H and O–H groups in total. The molecule has 36 heavy (non-hydrogen) atoms. The normalized spacial score (nSPS) is 11.9. The molecule has 0 unspecified atom stereocenters. The number of hydrogen-bond donors (Lipinski definition) is 1. The van der Waals surface area contributed by atoms with E-state index in [1.165, 1.54) is 6.07 Å². The number of benzene rings is 4. The molecule has 0 aliphatic carbocycles. The number of anilines is 1. The topological polar surface area (TPSA) is 52.9 Å². The maximum absolute atomic E-state index is 13.2. The number of rotatable bonds is 6. The van der Waals surface area contributed by atoms with E-state index < -0.39 is 19.3 Å². The number of nitrogens with one attached hydrogen (secondary N) is 1. The fraction of sp³-hybridized carbons (Fsp3) is 0.0714. The first-order valence-corrected chi connectivity index (χ1v) is 13.5. The van der Waals surface area contributed by atoms with E-state index in [2.05, 4.69) is 11.4 Å². The van der Waals surface area contributed by atoms with Crippen LogP contribution in [0.15, 0.2) is 103 Å². The third kappa shape index (κ3) is 5.05. The van der Waals surface area contributed by atoms with Crippen molar-refractivity contribution in [1.29, 1.82) is 5.26 Å². The Kier molecular flexibility index (Phi) is 7.28. The first kappa shape index (κ1) is 25.2. The molecule has 0 aliphatic heterocycles. The minimum atomic E-state index is -5.04. The van der Waals surface area contributed by atoms with Crippen molar-refractivity contribution in [3.63, 3.8) is 0 Å². The Morgan fingerprint density at radius 3 is 1.67 bits per heavy atom. The monoisotopic (exact) mass is 502 g/mol. The molecule has 3 nitrogen and oxygen atoms in total. The van der Waals surface area contributed by atoms with Crippen LogP contribution in [0.1, 0.15) is 11.1 Å². The number of halogens is 3. The molecule has 8 heteroatoms. The Bertz CT molecular complexity index is 1310. The van der Waals surface area contributed by atoms with Gasteiger partial charge < -0.3 is 0 Å². The Morgan fingerprint density at radius 2 is 1.28 bits per heavy atom. The van der Waals surface area contributed by atoms with E-state index in [1.807, 2.05) is 91.0 Å². The first-order chi connectivity index (χ1) is 17.3. The summed E-state index contributed by atoms with van der Waals surface area (Å²) in [6.07, 6.45) is -4.70. The third-order valence-electron chi connectivity index (χ3n) is 6.30. The average molecular weight is 502 g/mol. The van der Waals surface area contributed by atoms with Crippen LogP contribution in [0.25, 0.3) is 0 Å². The van der Waals surface area contributed by atoms with Crippen molar-refractivity contribution >= 4 is 48.1 Å². The second kappa shape index (κ2) is 10.4. The van der Waals surface area contributed by atoms with Gasteiger partial charge in [0.15, 0.2) is 0 Å². The minimum absolute atomic E-state index is 0.0935. The molecule has 180 valence electrons. The van der Waals surface area contributed by atoms with Crippen LogP contribution in [0.3, 0.4) is 0 Å². The van der Waals surface area contributed by atoms with Crippen molar-refractivity contribution in [2.75, 3.05) is 5.32 Å². The first-order valence-electron chi connectivity index (χ1n) is 11.3. The van der Waals surface area contributed by atoms with Crippen LogP contribution in [0, 0.1) is 11.3 Å². The van der Waals surface area contributed by atoms with E-state index in [4.69, 9.17) is 0 Å². The predicted molar refractivity (Wildman–Crippen MR) is 144 cm³/mol. The molecular formula is C28H23BF3N2OP. The van der Waals surface area contributed by atoms with Crippen LogP contribution in [-0.4, -0.2) is 19.9 Å². The molecule has 4 aromatic rings. The molecular weight excluding hydrogens is 479 g/mol. The van der Waals surface area contributed by atoms with Crippen molar-refractivity contribution in [3.05, 3.63) is 114 Å². The van der Waals surface area contributed by atoms with E-state index in [9.17, 15) is 23.2 Å². The molecule has 1 amide bonds. The fourth-order valence-corrected chi connectivity index (χ4v) is 9.43. The Morgan fingerprint density at radius 1 is 0.833 bits per heavy atom. The fourth-order valence-electron chi connectivity index (χ4n) is 4.69. The van der Waals surface area contributed by atoms with Crippen LogP contribution >= 0.6 is 7.26 Å². The van der Waals surface area contributed by atoms with Gasteiger partial charge in [0.25, 0.3) is 0 Å². The van der Waals surface area contributed by atoms with Crippen LogP contribution < -0.4 is 26.7 Å². The zero-order valence-electron chi connectivity index (χ0n) is 19.5. The van der Waals surface area contributed by atoms with Crippen molar-refractivity contribution in [3.8, 4) is 6.07 Å². The van der Waals surface area contributed by atoms with Gasteiger partial charge in [-0.25, -0.2) is 0 Å². The summed E-state index contributed by atoms with van der Waals surface area (Å²) in [7, 11) is -1.29. The van der Waals surface area contributed by atoms with Crippen molar-refractivity contribution in [2.45, 2.75) is 12.3 Å². The molecule has 0 saturated carbocycles. The van der Waals surface area contributed by atoms with Gasteiger partial charge in [0.2, 0.25) is 0 Å². The Balaban J connectivity index is 2.02. The van der Waals surface area contributed by atoms with E-state index in [1.54, 1.807) is 13.9 Å². The van der Waals surface area contributed by atoms with E-state index in [0.717, 1.165) is 15.9 Å². The van der Waals surface area contributed by atoms with Crippen molar-refractivity contribution in [1.82, 2.24) is 0 Å². The van der Waals surface area contributed by atoms with Crippen LogP contribution in [0.5, 0.6) is 0 Å². The molecule has 0 atom stereocenters. The van der Waals surface area contributed by atoms with Crippen LogP contribution in [0.2, 0.25) is 0 Å². The summed E-state index contributed by atoms with van der Waals surface area (Å²) in [6, 6.07) is 34.9. The Hall–Kier alpha value is -3.88. The van der Waals surface area contributed by atoms with Gasteiger partial charge in [-0.15, -0.1) is 0 Å². The summed E-state index contributed by atoms with van der Waals surface area (Å²) in [5.41, 5.74) is 1.31. The molecule has 0 heterocycles. The van der Waals surface area contributed by atoms with Crippen LogP contribution in [-0.2, 0) is 11.0 Å². The average Bonchev–Trinajstić information content (AvgIpc) is 2.89. The SMILES string of the molecule is Bc1cc(C#N)cc(C[PH](c2ccccc2)(c2ccccc2)c2ccccc2)c1NC(=O)C(F)(F)F. The molecule has 0 aromatic heterocycles. The molecule has 4 aromatic carbocycles. The number of nitrogens with zero attached hydrogens (tertiary/aromatic N) is 1. The summed E-state index contributed by atoms with van der Waals surface area (Å²) in [4.78, 5) is 12.0. The van der Waals surface area contributed by atoms with Crippen LogP contribution in [0.4, 0.5) is 18.9 Å². The molecule has 4 rings (SSSR count). The Labute approximate surface area is 209 Å². The summed E-state index contributed by atoms with van der Waals surface area (Å²) < 4.78 is 39.7. The number of nitriles is 1. The second-order valence-corrected chi connectivity index (χ2v) is 12.5. The molecule has 0 saturated heterocycles. The molecule has 0 spiro atoms. The number of alkyl halides is 3. The van der Waals surface area contributed by atoms with Gasteiger partial charge in [0.1, 0.15) is 0 Å². The van der Waals surface area contributed by atoms with Crippen molar-refractivity contribution in [2.24, 2.45) is 0 Å². The number of hydrogen-bond acceptors (Lipinski definition) is 2. The van der Waals surface area contributed by atoms with E-state index in [0.29, 0.717) is 22.8 Å². The number of carbonyl (C=O) groups is 1. The third-order valence-corrected chi connectivity index (χ3v) is 11.2. The zero-order chi connectivity index (χ0) is 25.8. The summed E-state index contributed by atoms with van der Waals surface area (Å²) in [5.74, 6) is -2.04. The van der Waals surface area contributed by atoms with E-state index in [-0.39, 0.29) is 5.69 Å². The van der Waals surface area contributed by atoms with Gasteiger partial charge >= 0.3 is 209 Å². The summed E-state index contributed by atoms with van der Waals surface area (Å²) >= 11 is 0. The standard InChI is InChI=1S/C28H23BF3N2OP/c29-25-17-20(18-33)16-21(26(25)34-27(35)28(30,31)32)19-36(22-10-4-1-5-11-22,23-12-6-2-7-13-23)24-14-8-3-9-15-24/h1-17,36H,19,29H2,(H,34,35). The number of carbonyl (C=O) groups excluding carboxylic acids is 1. The van der Waals surface area contributed by atoms with Gasteiger partial charge in [0.05, 0.1) is 0 Å². The summed E-state index contributed by atoms with van der Waals surface area (Å²) in [5, 5.41) is 14.9. The van der Waals surface area contributed by atoms with Gasteiger partial charge in [-0.05, 0) is 0 Å². The number of amides is 1. The van der Waals surface area contributed by atoms with Gasteiger partial charge in [-0.1, -0.05) is 0 Å². The molecule has 0 fully saturated rings. The van der Waals surface area contributed by atoms with Gasteiger partial charge in [0, 0.05) is 0 Å². The van der Waals surface area contributed by atoms with Gasteiger partial charge in [-0.3, -0.25) is 0 Å². The zero-order valence-corrected chi connectivity index (χ0v) is 20.5. The molecule has 0 radical (unpaired) electrons. The quantitative estimate of drug-likeness (QED) is 0.324.